The van der Waals surface area contributed by atoms with Gasteiger partial charge in [-0.05, 0) is 50.5 Å². The molecule has 0 aliphatic rings. The van der Waals surface area contributed by atoms with Crippen LogP contribution in [0.5, 0.6) is 0 Å². The standard InChI is InChI=1S/C22H28O2Si/c1-18(23)22(19(2)24-25(3,4)5,16-20-12-8-6-9-13-20)17-21-14-10-7-11-15-21/h6-15H,2,16-17H2,1,3-5H3. The van der Waals surface area contributed by atoms with Crippen molar-refractivity contribution in [3.05, 3.63) is 84.1 Å². The van der Waals surface area contributed by atoms with Crippen LogP contribution in [0.1, 0.15) is 18.1 Å². The van der Waals surface area contributed by atoms with Crippen LogP contribution in [-0.4, -0.2) is 14.1 Å². The number of Topliss-reactive ketones (excluding diaryl/α,β-unsaturated/α-hetero) is 1. The van der Waals surface area contributed by atoms with Crippen LogP contribution in [0, 0.1) is 5.41 Å². The molecule has 0 saturated heterocycles. The highest BCUT2D eigenvalue weighted by molar-refractivity contribution is 6.70. The second-order valence-corrected chi connectivity index (χ2v) is 12.0. The third-order valence-electron chi connectivity index (χ3n) is 4.33. The first-order valence-corrected chi connectivity index (χ1v) is 12.1. The number of hydrogen-bond acceptors (Lipinski definition) is 2. The fourth-order valence-electron chi connectivity index (χ4n) is 3.06. The van der Waals surface area contributed by atoms with Gasteiger partial charge in [0.05, 0.1) is 11.2 Å². The Morgan fingerprint density at radius 3 is 1.64 bits per heavy atom. The number of allylic oxidation sites excluding steroid dienone is 1. The normalized spacial score (nSPS) is 11.8. The highest BCUT2D eigenvalue weighted by Crippen LogP contribution is 2.38. The predicted molar refractivity (Wildman–Crippen MR) is 107 cm³/mol. The number of benzene rings is 2. The van der Waals surface area contributed by atoms with Crippen LogP contribution in [0.15, 0.2) is 73.0 Å². The first-order valence-electron chi connectivity index (χ1n) is 8.70. The maximum Gasteiger partial charge on any atom is 0.241 e. The van der Waals surface area contributed by atoms with Gasteiger partial charge in [0.2, 0.25) is 8.32 Å². The molecule has 2 rings (SSSR count). The molecule has 25 heavy (non-hydrogen) atoms. The van der Waals surface area contributed by atoms with E-state index in [2.05, 4.69) is 50.5 Å². The molecule has 0 bridgehead atoms. The molecule has 0 aliphatic heterocycles. The molecule has 2 nitrogen and oxygen atoms in total. The van der Waals surface area contributed by atoms with Gasteiger partial charge < -0.3 is 4.43 Å². The lowest BCUT2D eigenvalue weighted by Gasteiger charge is -2.37. The molecule has 132 valence electrons. The second-order valence-electron chi connectivity index (χ2n) is 7.60. The van der Waals surface area contributed by atoms with E-state index in [1.165, 1.54) is 0 Å². The van der Waals surface area contributed by atoms with Crippen molar-refractivity contribution in [3.8, 4) is 0 Å². The topological polar surface area (TPSA) is 26.3 Å². The Morgan fingerprint density at radius 2 is 1.32 bits per heavy atom. The maximum atomic E-state index is 12.9. The molecule has 0 N–H and O–H groups in total. The SMILES string of the molecule is C=C(O[Si](C)(C)C)C(Cc1ccccc1)(Cc1ccccc1)C(C)=O. The average Bonchev–Trinajstić information content (AvgIpc) is 2.54. The summed E-state index contributed by atoms with van der Waals surface area (Å²) < 4.78 is 6.23. The number of ketones is 1. The van der Waals surface area contributed by atoms with Crippen LogP contribution in [0.4, 0.5) is 0 Å². The average molecular weight is 353 g/mol. The first-order chi connectivity index (χ1) is 11.7. The lowest BCUT2D eigenvalue weighted by molar-refractivity contribution is -0.125. The zero-order chi connectivity index (χ0) is 18.5. The first kappa shape index (κ1) is 19.2. The quantitative estimate of drug-likeness (QED) is 0.469. The summed E-state index contributed by atoms with van der Waals surface area (Å²) in [7, 11) is -1.86. The van der Waals surface area contributed by atoms with Gasteiger partial charge in [-0.25, -0.2) is 0 Å². The number of rotatable bonds is 8. The molecule has 0 amide bonds. The van der Waals surface area contributed by atoms with Gasteiger partial charge in [-0.1, -0.05) is 67.2 Å². The fourth-order valence-corrected chi connectivity index (χ4v) is 4.00. The van der Waals surface area contributed by atoms with Gasteiger partial charge in [0, 0.05) is 0 Å². The van der Waals surface area contributed by atoms with E-state index in [4.69, 9.17) is 4.43 Å². The summed E-state index contributed by atoms with van der Waals surface area (Å²) in [5.74, 6) is 0.704. The molecule has 2 aromatic carbocycles. The van der Waals surface area contributed by atoms with Crippen LogP contribution in [-0.2, 0) is 22.1 Å². The van der Waals surface area contributed by atoms with Crippen molar-refractivity contribution in [2.45, 2.75) is 39.4 Å². The van der Waals surface area contributed by atoms with E-state index in [0.29, 0.717) is 18.6 Å². The summed E-state index contributed by atoms with van der Waals surface area (Å²) >= 11 is 0. The zero-order valence-electron chi connectivity index (χ0n) is 15.7. The Balaban J connectivity index is 2.46. The summed E-state index contributed by atoms with van der Waals surface area (Å²) in [5, 5.41) is 0. The van der Waals surface area contributed by atoms with Gasteiger partial charge in [-0.15, -0.1) is 0 Å². The third-order valence-corrected chi connectivity index (χ3v) is 5.19. The van der Waals surface area contributed by atoms with E-state index in [1.807, 2.05) is 36.4 Å². The van der Waals surface area contributed by atoms with Crippen molar-refractivity contribution < 1.29 is 9.22 Å². The summed E-state index contributed by atoms with van der Waals surface area (Å²) in [6.07, 6.45) is 1.20. The van der Waals surface area contributed by atoms with E-state index in [0.717, 1.165) is 11.1 Å². The molecule has 0 heterocycles. The maximum absolute atomic E-state index is 12.9. The molecule has 0 unspecified atom stereocenters. The van der Waals surface area contributed by atoms with Crippen molar-refractivity contribution in [3.63, 3.8) is 0 Å². The number of carbonyl (C=O) groups excluding carboxylic acids is 1. The minimum absolute atomic E-state index is 0.100. The number of carbonyl (C=O) groups is 1. The van der Waals surface area contributed by atoms with Gasteiger partial charge >= 0.3 is 0 Å². The fraction of sp³-hybridized carbons (Fsp3) is 0.318. The summed E-state index contributed by atoms with van der Waals surface area (Å²) in [4.78, 5) is 12.9. The van der Waals surface area contributed by atoms with Gasteiger partial charge in [0.1, 0.15) is 5.78 Å². The largest absolute Gasteiger partial charge is 0.547 e. The van der Waals surface area contributed by atoms with Crippen LogP contribution in [0.3, 0.4) is 0 Å². The Morgan fingerprint density at radius 1 is 0.920 bits per heavy atom. The van der Waals surface area contributed by atoms with E-state index in [9.17, 15) is 4.79 Å². The predicted octanol–water partition coefficient (Wildman–Crippen LogP) is 5.41. The smallest absolute Gasteiger partial charge is 0.241 e. The van der Waals surface area contributed by atoms with E-state index >= 15 is 0 Å². The summed E-state index contributed by atoms with van der Waals surface area (Å²) in [5.41, 5.74) is 1.49. The molecule has 0 radical (unpaired) electrons. The van der Waals surface area contributed by atoms with Crippen LogP contribution in [0.2, 0.25) is 19.6 Å². The highest BCUT2D eigenvalue weighted by atomic mass is 28.4. The second kappa shape index (κ2) is 7.83. The van der Waals surface area contributed by atoms with E-state index in [1.54, 1.807) is 6.92 Å². The molecule has 2 aromatic rings. The monoisotopic (exact) mass is 352 g/mol. The van der Waals surface area contributed by atoms with Crippen molar-refractivity contribution in [2.24, 2.45) is 5.41 Å². The molecular weight excluding hydrogens is 324 g/mol. The minimum Gasteiger partial charge on any atom is -0.547 e. The Kier molecular flexibility index (Phi) is 6.01. The minimum atomic E-state index is -1.86. The Bertz CT molecular complexity index is 673. The molecular formula is C22H28O2Si. The Labute approximate surface area is 152 Å². The molecule has 3 heteroatoms. The number of hydrogen-bond donors (Lipinski definition) is 0. The van der Waals surface area contributed by atoms with Crippen LogP contribution in [0.25, 0.3) is 0 Å². The van der Waals surface area contributed by atoms with Gasteiger partial charge in [-0.2, -0.15) is 0 Å². The van der Waals surface area contributed by atoms with E-state index in [-0.39, 0.29) is 5.78 Å². The molecule has 0 atom stereocenters. The van der Waals surface area contributed by atoms with Crippen molar-refractivity contribution >= 4 is 14.1 Å². The summed E-state index contributed by atoms with van der Waals surface area (Å²) in [6.45, 7) is 12.2. The lowest BCUT2D eigenvalue weighted by atomic mass is 9.72. The van der Waals surface area contributed by atoms with Gasteiger partial charge in [0.25, 0.3) is 0 Å². The van der Waals surface area contributed by atoms with Crippen LogP contribution < -0.4 is 0 Å². The third kappa shape index (κ3) is 5.17. The van der Waals surface area contributed by atoms with E-state index < -0.39 is 13.7 Å². The molecule has 0 fully saturated rings. The molecule has 0 spiro atoms. The van der Waals surface area contributed by atoms with Crippen LogP contribution >= 0.6 is 0 Å². The Hall–Kier alpha value is -2.13. The molecule has 0 aromatic heterocycles. The lowest BCUT2D eigenvalue weighted by Crippen LogP contribution is -2.40. The van der Waals surface area contributed by atoms with Crippen molar-refractivity contribution in [1.82, 2.24) is 0 Å². The summed E-state index contributed by atoms with van der Waals surface area (Å²) in [6, 6.07) is 20.2. The molecule has 0 aliphatic carbocycles. The zero-order valence-corrected chi connectivity index (χ0v) is 16.7. The van der Waals surface area contributed by atoms with Gasteiger partial charge in [-0.3, -0.25) is 4.79 Å². The molecule has 0 saturated carbocycles. The highest BCUT2D eigenvalue weighted by Gasteiger charge is 2.41. The van der Waals surface area contributed by atoms with Crippen molar-refractivity contribution in [1.29, 1.82) is 0 Å². The van der Waals surface area contributed by atoms with Gasteiger partial charge in [0.15, 0.2) is 0 Å². The van der Waals surface area contributed by atoms with Crippen molar-refractivity contribution in [2.75, 3.05) is 0 Å².